The lowest BCUT2D eigenvalue weighted by Gasteiger charge is -2.24. The second-order valence-corrected chi connectivity index (χ2v) is 11.1. The minimum Gasteiger partial charge on any atom is -0.494 e. The van der Waals surface area contributed by atoms with E-state index in [0.717, 1.165) is 22.2 Å². The molecule has 0 spiro atoms. The Kier molecular flexibility index (Phi) is 10.2. The third-order valence-electron chi connectivity index (χ3n) is 5.30. The fourth-order valence-corrected chi connectivity index (χ4v) is 5.73. The molecule has 3 aromatic carbocycles. The van der Waals surface area contributed by atoms with Crippen molar-refractivity contribution in [3.63, 3.8) is 0 Å². The number of benzene rings is 3. The Labute approximate surface area is 216 Å². The number of rotatable bonds is 13. The Morgan fingerprint density at radius 3 is 2.31 bits per heavy atom. The van der Waals surface area contributed by atoms with E-state index in [4.69, 9.17) is 4.74 Å². The van der Waals surface area contributed by atoms with Crippen molar-refractivity contribution in [1.29, 1.82) is 0 Å². The van der Waals surface area contributed by atoms with E-state index >= 15 is 0 Å². The number of aryl methyl sites for hydroxylation is 1. The average molecular weight is 531 g/mol. The van der Waals surface area contributed by atoms with Crippen molar-refractivity contribution in [2.75, 3.05) is 29.8 Å². The van der Waals surface area contributed by atoms with Crippen molar-refractivity contribution in [2.45, 2.75) is 30.9 Å². The number of thioether (sulfide) groups is 1. The van der Waals surface area contributed by atoms with Gasteiger partial charge >= 0.3 is 0 Å². The summed E-state index contributed by atoms with van der Waals surface area (Å²) in [4.78, 5) is 12.7. The van der Waals surface area contributed by atoms with E-state index in [2.05, 4.69) is 36.5 Å². The van der Waals surface area contributed by atoms with Crippen molar-refractivity contribution >= 4 is 33.4 Å². The highest BCUT2D eigenvalue weighted by Gasteiger charge is 2.27. The zero-order chi connectivity index (χ0) is 26.0. The summed E-state index contributed by atoms with van der Waals surface area (Å²) < 4.78 is 46.7. The summed E-state index contributed by atoms with van der Waals surface area (Å²) in [6.45, 7) is 4.36. The smallest absolute Gasteiger partial charge is 0.264 e. The Bertz CT molecular complexity index is 1220. The maximum Gasteiger partial charge on any atom is 0.264 e. The molecule has 0 aliphatic rings. The van der Waals surface area contributed by atoms with E-state index in [1.54, 1.807) is 23.9 Å². The summed E-state index contributed by atoms with van der Waals surface area (Å²) in [5.74, 6) is 1.37. The van der Waals surface area contributed by atoms with Gasteiger partial charge < -0.3 is 10.1 Å². The number of nitrogens with zero attached hydrogens (tertiary/aromatic N) is 1. The molecular formula is C27H31FN2O4S2. The molecule has 0 bridgehead atoms. The lowest BCUT2D eigenvalue weighted by molar-refractivity contribution is -0.119. The van der Waals surface area contributed by atoms with Gasteiger partial charge in [0.1, 0.15) is 18.1 Å². The number of carbonyl (C=O) groups excluding carboxylic acids is 1. The molecule has 1 N–H and O–H groups in total. The van der Waals surface area contributed by atoms with E-state index in [1.165, 1.54) is 47.5 Å². The Hall–Kier alpha value is -3.04. The Balaban J connectivity index is 1.59. The molecule has 1 amide bonds. The zero-order valence-electron chi connectivity index (χ0n) is 20.4. The molecule has 0 aliphatic heterocycles. The SMILES string of the molecule is CCOc1ccc(S(=O)(=O)N(CC(=O)NCCCSCc2ccc(C)cc2)c2ccc(F)cc2)cc1. The fraction of sp³-hybridized carbons (Fsp3) is 0.296. The summed E-state index contributed by atoms with van der Waals surface area (Å²) in [6.07, 6.45) is 0.754. The van der Waals surface area contributed by atoms with Crippen LogP contribution in [0.25, 0.3) is 0 Å². The number of amides is 1. The molecule has 192 valence electrons. The fourth-order valence-electron chi connectivity index (χ4n) is 3.39. The minimum atomic E-state index is -4.08. The van der Waals surface area contributed by atoms with Gasteiger partial charge in [-0.2, -0.15) is 11.8 Å². The minimum absolute atomic E-state index is 0.00980. The van der Waals surface area contributed by atoms with Crippen molar-refractivity contribution in [3.05, 3.63) is 89.7 Å². The first-order valence-electron chi connectivity index (χ1n) is 11.7. The highest BCUT2D eigenvalue weighted by atomic mass is 32.2. The zero-order valence-corrected chi connectivity index (χ0v) is 22.1. The number of sulfonamides is 1. The summed E-state index contributed by atoms with van der Waals surface area (Å²) in [6, 6.07) is 19.4. The normalized spacial score (nSPS) is 11.2. The molecule has 0 unspecified atom stereocenters. The highest BCUT2D eigenvalue weighted by molar-refractivity contribution is 7.98. The number of carbonyl (C=O) groups is 1. The lowest BCUT2D eigenvalue weighted by Crippen LogP contribution is -2.41. The van der Waals surface area contributed by atoms with Crippen LogP contribution in [-0.4, -0.2) is 39.8 Å². The molecule has 0 radical (unpaired) electrons. The van der Waals surface area contributed by atoms with Gasteiger partial charge in [-0.05, 0) is 80.1 Å². The van der Waals surface area contributed by atoms with Crippen LogP contribution in [0.15, 0.2) is 77.7 Å². The van der Waals surface area contributed by atoms with Crippen LogP contribution in [0.2, 0.25) is 0 Å². The third-order valence-corrected chi connectivity index (χ3v) is 8.20. The summed E-state index contributed by atoms with van der Waals surface area (Å²) in [5.41, 5.74) is 2.68. The van der Waals surface area contributed by atoms with Gasteiger partial charge in [0.2, 0.25) is 5.91 Å². The van der Waals surface area contributed by atoms with E-state index < -0.39 is 28.3 Å². The van der Waals surface area contributed by atoms with Crippen LogP contribution in [-0.2, 0) is 20.6 Å². The first kappa shape index (κ1) is 27.5. The van der Waals surface area contributed by atoms with Crippen LogP contribution in [0.4, 0.5) is 10.1 Å². The molecule has 6 nitrogen and oxygen atoms in total. The number of anilines is 1. The molecule has 0 atom stereocenters. The van der Waals surface area contributed by atoms with Crippen molar-refractivity contribution in [3.8, 4) is 5.75 Å². The van der Waals surface area contributed by atoms with Crippen molar-refractivity contribution in [1.82, 2.24) is 5.32 Å². The predicted octanol–water partition coefficient (Wildman–Crippen LogP) is 5.17. The van der Waals surface area contributed by atoms with Crippen LogP contribution in [0.3, 0.4) is 0 Å². The molecule has 0 saturated carbocycles. The van der Waals surface area contributed by atoms with Gasteiger partial charge in [-0.1, -0.05) is 29.8 Å². The number of hydrogen-bond acceptors (Lipinski definition) is 5. The highest BCUT2D eigenvalue weighted by Crippen LogP contribution is 2.25. The number of hydrogen-bond donors (Lipinski definition) is 1. The van der Waals surface area contributed by atoms with Gasteiger partial charge in [0, 0.05) is 12.3 Å². The average Bonchev–Trinajstić information content (AvgIpc) is 2.87. The van der Waals surface area contributed by atoms with E-state index in [9.17, 15) is 17.6 Å². The van der Waals surface area contributed by atoms with Gasteiger partial charge in [-0.15, -0.1) is 0 Å². The quantitative estimate of drug-likeness (QED) is 0.309. The second-order valence-electron chi connectivity index (χ2n) is 8.13. The van der Waals surface area contributed by atoms with Crippen molar-refractivity contribution < 1.29 is 22.3 Å². The van der Waals surface area contributed by atoms with Crippen LogP contribution in [0.1, 0.15) is 24.5 Å². The standard InChI is InChI=1S/C27H31FN2O4S2/c1-3-34-25-13-15-26(16-14-25)36(32,33)30(24-11-9-23(28)10-12-24)19-27(31)29-17-4-18-35-20-22-7-5-21(2)6-8-22/h5-16H,3-4,17-20H2,1-2H3,(H,29,31). The van der Waals surface area contributed by atoms with Gasteiger partial charge in [-0.3, -0.25) is 9.10 Å². The van der Waals surface area contributed by atoms with Crippen molar-refractivity contribution in [2.24, 2.45) is 0 Å². The predicted molar refractivity (Wildman–Crippen MR) is 144 cm³/mol. The Morgan fingerprint density at radius 1 is 1.00 bits per heavy atom. The molecule has 3 aromatic rings. The number of halogens is 1. The van der Waals surface area contributed by atoms with E-state index in [-0.39, 0.29) is 10.6 Å². The maximum absolute atomic E-state index is 13.5. The van der Waals surface area contributed by atoms with Gasteiger partial charge in [0.25, 0.3) is 10.0 Å². The van der Waals surface area contributed by atoms with Gasteiger partial charge in [0.05, 0.1) is 17.2 Å². The summed E-state index contributed by atoms with van der Waals surface area (Å²) in [7, 11) is -4.08. The molecule has 0 fully saturated rings. The van der Waals surface area contributed by atoms with Crippen LogP contribution >= 0.6 is 11.8 Å². The van der Waals surface area contributed by atoms with E-state index in [1.807, 2.05) is 6.92 Å². The van der Waals surface area contributed by atoms with Gasteiger partial charge in [0.15, 0.2) is 0 Å². The number of ether oxygens (including phenoxy) is 1. The first-order valence-corrected chi connectivity index (χ1v) is 14.3. The molecule has 0 heterocycles. The third kappa shape index (κ3) is 7.99. The van der Waals surface area contributed by atoms with Gasteiger partial charge in [-0.25, -0.2) is 12.8 Å². The molecule has 9 heteroatoms. The molecular weight excluding hydrogens is 499 g/mol. The molecule has 36 heavy (non-hydrogen) atoms. The molecule has 0 aromatic heterocycles. The maximum atomic E-state index is 13.5. The summed E-state index contributed by atoms with van der Waals surface area (Å²) >= 11 is 1.78. The largest absolute Gasteiger partial charge is 0.494 e. The topological polar surface area (TPSA) is 75.7 Å². The first-order chi connectivity index (χ1) is 17.3. The summed E-state index contributed by atoms with van der Waals surface area (Å²) in [5, 5.41) is 2.80. The monoisotopic (exact) mass is 530 g/mol. The molecule has 3 rings (SSSR count). The second kappa shape index (κ2) is 13.3. The lowest BCUT2D eigenvalue weighted by atomic mass is 10.2. The Morgan fingerprint density at radius 2 is 1.67 bits per heavy atom. The van der Waals surface area contributed by atoms with Crippen LogP contribution in [0.5, 0.6) is 5.75 Å². The molecule has 0 aliphatic carbocycles. The van der Waals surface area contributed by atoms with Crippen LogP contribution < -0.4 is 14.4 Å². The van der Waals surface area contributed by atoms with Crippen LogP contribution in [0, 0.1) is 12.7 Å². The molecule has 0 saturated heterocycles. The number of nitrogens with one attached hydrogen (secondary N) is 1. The van der Waals surface area contributed by atoms with E-state index in [0.29, 0.717) is 18.9 Å².